The van der Waals surface area contributed by atoms with Crippen LogP contribution in [0.15, 0.2) is 24.4 Å². The largest absolute Gasteiger partial charge is 0.340 e. The second-order valence-corrected chi connectivity index (χ2v) is 3.01. The molecular weight excluding hydrogens is 192 g/mol. The summed E-state index contributed by atoms with van der Waals surface area (Å²) >= 11 is 0. The number of aromatic nitrogens is 1. The first-order valence-electron chi connectivity index (χ1n) is 4.95. The minimum absolute atomic E-state index is 0.237. The van der Waals surface area contributed by atoms with Crippen LogP contribution >= 0.6 is 0 Å². The number of hydrazine groups is 1. The van der Waals surface area contributed by atoms with Crippen molar-refractivity contribution in [3.05, 3.63) is 24.4 Å². The fraction of sp³-hybridized carbons (Fsp3) is 0.400. The Morgan fingerprint density at radius 3 is 2.53 bits per heavy atom. The number of urea groups is 1. The van der Waals surface area contributed by atoms with Gasteiger partial charge in [-0.2, -0.15) is 0 Å². The number of rotatable bonds is 3. The van der Waals surface area contributed by atoms with E-state index in [9.17, 15) is 4.79 Å². The smallest absolute Gasteiger partial charge is 0.324 e. The Morgan fingerprint density at radius 1 is 1.40 bits per heavy atom. The van der Waals surface area contributed by atoms with Crippen LogP contribution in [0, 0.1) is 0 Å². The molecule has 1 aromatic rings. The molecule has 15 heavy (non-hydrogen) atoms. The molecule has 0 atom stereocenters. The molecule has 0 aliphatic heterocycles. The van der Waals surface area contributed by atoms with Crippen molar-refractivity contribution < 1.29 is 4.79 Å². The maximum atomic E-state index is 11.8. The number of carbonyl (C=O) groups excluding carboxylic acids is 1. The molecule has 0 radical (unpaired) electrons. The second-order valence-electron chi connectivity index (χ2n) is 3.01. The molecule has 2 N–H and O–H groups in total. The average Bonchev–Trinajstić information content (AvgIpc) is 2.30. The second kappa shape index (κ2) is 5.31. The van der Waals surface area contributed by atoms with E-state index in [4.69, 9.17) is 5.84 Å². The molecule has 0 saturated carbocycles. The minimum Gasteiger partial charge on any atom is -0.324 e. The molecule has 0 fully saturated rings. The van der Waals surface area contributed by atoms with Crippen LogP contribution in [-0.2, 0) is 0 Å². The van der Waals surface area contributed by atoms with Gasteiger partial charge in [0.25, 0.3) is 0 Å². The third kappa shape index (κ3) is 2.66. The topological polar surface area (TPSA) is 62.5 Å². The maximum absolute atomic E-state index is 11.8. The van der Waals surface area contributed by atoms with E-state index in [1.54, 1.807) is 29.3 Å². The average molecular weight is 208 g/mol. The van der Waals surface area contributed by atoms with E-state index in [-0.39, 0.29) is 6.03 Å². The quantitative estimate of drug-likeness (QED) is 0.461. The van der Waals surface area contributed by atoms with Gasteiger partial charge in [-0.25, -0.2) is 20.6 Å². The molecule has 1 rings (SSSR count). The lowest BCUT2D eigenvalue weighted by molar-refractivity contribution is 0.210. The van der Waals surface area contributed by atoms with Crippen molar-refractivity contribution in [2.24, 2.45) is 5.84 Å². The van der Waals surface area contributed by atoms with Gasteiger partial charge in [-0.05, 0) is 26.0 Å². The predicted molar refractivity (Wildman–Crippen MR) is 59.2 cm³/mol. The summed E-state index contributed by atoms with van der Waals surface area (Å²) in [6, 6.07) is 5.02. The Morgan fingerprint density at radius 2 is 2.07 bits per heavy atom. The molecule has 0 spiro atoms. The van der Waals surface area contributed by atoms with Crippen LogP contribution in [0.4, 0.5) is 10.6 Å². The van der Waals surface area contributed by atoms with Crippen molar-refractivity contribution in [2.75, 3.05) is 18.1 Å². The third-order valence-corrected chi connectivity index (χ3v) is 2.14. The van der Waals surface area contributed by atoms with Crippen LogP contribution in [-0.4, -0.2) is 29.0 Å². The SMILES string of the molecule is CCN(CC)C(=O)N(N)c1ccccn1. The first-order valence-corrected chi connectivity index (χ1v) is 4.95. The maximum Gasteiger partial charge on any atom is 0.340 e. The van der Waals surface area contributed by atoms with Gasteiger partial charge in [0.1, 0.15) is 0 Å². The van der Waals surface area contributed by atoms with Crippen LogP contribution in [0.5, 0.6) is 0 Å². The van der Waals surface area contributed by atoms with Crippen molar-refractivity contribution in [3.63, 3.8) is 0 Å². The molecule has 0 aromatic carbocycles. The van der Waals surface area contributed by atoms with Gasteiger partial charge in [0.15, 0.2) is 5.82 Å². The summed E-state index contributed by atoms with van der Waals surface area (Å²) < 4.78 is 0. The summed E-state index contributed by atoms with van der Waals surface area (Å²) in [5.74, 6) is 6.12. The van der Waals surface area contributed by atoms with Gasteiger partial charge < -0.3 is 4.90 Å². The monoisotopic (exact) mass is 208 g/mol. The van der Waals surface area contributed by atoms with E-state index in [0.717, 1.165) is 5.01 Å². The highest BCUT2D eigenvalue weighted by atomic mass is 16.2. The first kappa shape index (κ1) is 11.5. The lowest BCUT2D eigenvalue weighted by atomic mass is 10.4. The zero-order chi connectivity index (χ0) is 11.3. The van der Waals surface area contributed by atoms with E-state index >= 15 is 0 Å². The Balaban J connectivity index is 2.76. The van der Waals surface area contributed by atoms with E-state index in [1.807, 2.05) is 13.8 Å². The Labute approximate surface area is 89.5 Å². The summed E-state index contributed by atoms with van der Waals surface area (Å²) in [4.78, 5) is 17.4. The molecule has 5 heteroatoms. The van der Waals surface area contributed by atoms with Crippen LogP contribution in [0.3, 0.4) is 0 Å². The number of hydrogen-bond donors (Lipinski definition) is 1. The van der Waals surface area contributed by atoms with Crippen LogP contribution in [0.1, 0.15) is 13.8 Å². The van der Waals surface area contributed by atoms with Crippen molar-refractivity contribution in [3.8, 4) is 0 Å². The lowest BCUT2D eigenvalue weighted by Crippen LogP contribution is -2.47. The van der Waals surface area contributed by atoms with Gasteiger partial charge >= 0.3 is 6.03 Å². The van der Waals surface area contributed by atoms with Crippen molar-refractivity contribution >= 4 is 11.8 Å². The Bertz CT molecular complexity index is 310. The summed E-state index contributed by atoms with van der Waals surface area (Å²) in [7, 11) is 0. The summed E-state index contributed by atoms with van der Waals surface area (Å²) in [6.07, 6.45) is 1.60. The molecule has 0 aliphatic rings. The number of hydrogen-bond acceptors (Lipinski definition) is 3. The highest BCUT2D eigenvalue weighted by molar-refractivity contribution is 5.89. The first-order chi connectivity index (χ1) is 7.20. The molecule has 0 saturated heterocycles. The molecule has 2 amide bonds. The number of pyridine rings is 1. The molecule has 1 heterocycles. The van der Waals surface area contributed by atoms with Gasteiger partial charge in [-0.3, -0.25) is 0 Å². The summed E-state index contributed by atoms with van der Waals surface area (Å²) in [5.41, 5.74) is 0. The van der Waals surface area contributed by atoms with E-state index in [0.29, 0.717) is 18.9 Å². The highest BCUT2D eigenvalue weighted by Crippen LogP contribution is 2.07. The number of carbonyl (C=O) groups is 1. The van der Waals surface area contributed by atoms with Crippen LogP contribution < -0.4 is 10.9 Å². The van der Waals surface area contributed by atoms with Crippen molar-refractivity contribution in [1.82, 2.24) is 9.88 Å². The van der Waals surface area contributed by atoms with Gasteiger partial charge in [0.05, 0.1) is 0 Å². The molecule has 82 valence electrons. The van der Waals surface area contributed by atoms with Gasteiger partial charge in [0.2, 0.25) is 0 Å². The van der Waals surface area contributed by atoms with Gasteiger partial charge in [-0.15, -0.1) is 0 Å². The fourth-order valence-corrected chi connectivity index (χ4v) is 1.24. The summed E-state index contributed by atoms with van der Waals surface area (Å²) in [5, 5.41) is 1.06. The number of nitrogens with zero attached hydrogens (tertiary/aromatic N) is 3. The van der Waals surface area contributed by atoms with Crippen LogP contribution in [0.2, 0.25) is 0 Å². The minimum atomic E-state index is -0.237. The molecule has 5 nitrogen and oxygen atoms in total. The van der Waals surface area contributed by atoms with Crippen molar-refractivity contribution in [1.29, 1.82) is 0 Å². The number of anilines is 1. The predicted octanol–water partition coefficient (Wildman–Crippen LogP) is 1.22. The number of nitrogens with two attached hydrogens (primary N) is 1. The molecule has 0 unspecified atom stereocenters. The lowest BCUT2D eigenvalue weighted by Gasteiger charge is -2.24. The zero-order valence-corrected chi connectivity index (χ0v) is 9.05. The van der Waals surface area contributed by atoms with E-state index in [1.165, 1.54) is 0 Å². The Hall–Kier alpha value is -1.62. The fourth-order valence-electron chi connectivity index (χ4n) is 1.24. The highest BCUT2D eigenvalue weighted by Gasteiger charge is 2.17. The molecule has 0 bridgehead atoms. The zero-order valence-electron chi connectivity index (χ0n) is 9.05. The van der Waals surface area contributed by atoms with Crippen LogP contribution in [0.25, 0.3) is 0 Å². The standard InChI is InChI=1S/C10H16N4O/c1-3-13(4-2)10(15)14(11)9-7-5-6-8-12-9/h5-8H,3-4,11H2,1-2H3. The van der Waals surface area contributed by atoms with Gasteiger partial charge in [0, 0.05) is 19.3 Å². The third-order valence-electron chi connectivity index (χ3n) is 2.14. The van der Waals surface area contributed by atoms with Crippen molar-refractivity contribution in [2.45, 2.75) is 13.8 Å². The van der Waals surface area contributed by atoms with Gasteiger partial charge in [-0.1, -0.05) is 6.07 Å². The van der Waals surface area contributed by atoms with E-state index < -0.39 is 0 Å². The molecule has 0 aliphatic carbocycles. The normalized spacial score (nSPS) is 9.80. The Kier molecular flexibility index (Phi) is 4.05. The summed E-state index contributed by atoms with van der Waals surface area (Å²) in [6.45, 7) is 5.09. The number of amides is 2. The van der Waals surface area contributed by atoms with E-state index in [2.05, 4.69) is 4.98 Å². The molecular formula is C10H16N4O. The molecule has 1 aromatic heterocycles.